The second kappa shape index (κ2) is 9.15. The molecule has 0 saturated carbocycles. The number of rotatable bonds is 8. The van der Waals surface area contributed by atoms with Gasteiger partial charge in [-0.3, -0.25) is 9.89 Å². The molecule has 6 nitrogen and oxygen atoms in total. The summed E-state index contributed by atoms with van der Waals surface area (Å²) in [5.41, 5.74) is 4.50. The fraction of sp³-hybridized carbons (Fsp3) is 0.524. The number of aryl methyl sites for hydroxylation is 1. The van der Waals surface area contributed by atoms with Crippen molar-refractivity contribution in [1.82, 2.24) is 15.1 Å². The normalized spacial score (nSPS) is 16.6. The van der Waals surface area contributed by atoms with Gasteiger partial charge >= 0.3 is 0 Å². The minimum Gasteiger partial charge on any atom is -0.378 e. The first-order chi connectivity index (χ1) is 13.1. The quantitative estimate of drug-likeness (QED) is 0.770. The zero-order valence-electron chi connectivity index (χ0n) is 16.5. The van der Waals surface area contributed by atoms with Gasteiger partial charge in [0.1, 0.15) is 0 Å². The first kappa shape index (κ1) is 19.6. The third-order valence-electron chi connectivity index (χ3n) is 5.09. The predicted octanol–water partition coefficient (Wildman–Crippen LogP) is 3.56. The average molecular weight is 371 g/mol. The van der Waals surface area contributed by atoms with E-state index in [1.807, 2.05) is 38.2 Å². The SMILES string of the molecule is COCc1n[nH]c(C)c1-c1cccc(C(=O)N(C)CCC[C@H]2CCCO2)c1. The standard InChI is InChI=1S/C21H29N3O3/c1-15-20(19(14-26-3)23-22-15)16-7-4-8-17(13-16)21(25)24(2)11-5-9-18-10-6-12-27-18/h4,7-8,13,18H,5-6,9-12,14H2,1-3H3,(H,22,23)/t18-/m0/s1. The van der Waals surface area contributed by atoms with Gasteiger partial charge in [0.25, 0.3) is 5.91 Å². The van der Waals surface area contributed by atoms with E-state index in [4.69, 9.17) is 9.47 Å². The molecule has 3 rings (SSSR count). The van der Waals surface area contributed by atoms with Crippen molar-refractivity contribution in [3.63, 3.8) is 0 Å². The molecule has 0 unspecified atom stereocenters. The summed E-state index contributed by atoms with van der Waals surface area (Å²) >= 11 is 0. The minimum atomic E-state index is 0.0404. The lowest BCUT2D eigenvalue weighted by molar-refractivity contribution is 0.0763. The van der Waals surface area contributed by atoms with Crippen LogP contribution in [0, 0.1) is 6.92 Å². The molecule has 1 amide bonds. The number of aromatic nitrogens is 2. The molecule has 1 aliphatic heterocycles. The van der Waals surface area contributed by atoms with E-state index in [9.17, 15) is 4.79 Å². The van der Waals surface area contributed by atoms with Crippen LogP contribution in [0.25, 0.3) is 11.1 Å². The summed E-state index contributed by atoms with van der Waals surface area (Å²) in [6, 6.07) is 7.74. The highest BCUT2D eigenvalue weighted by molar-refractivity contribution is 5.95. The van der Waals surface area contributed by atoms with E-state index in [-0.39, 0.29) is 5.91 Å². The summed E-state index contributed by atoms with van der Waals surface area (Å²) in [5, 5.41) is 7.32. The molecular formula is C21H29N3O3. The average Bonchev–Trinajstić information content (AvgIpc) is 3.31. The summed E-state index contributed by atoms with van der Waals surface area (Å²) in [6.45, 7) is 4.03. The Morgan fingerprint density at radius 1 is 1.44 bits per heavy atom. The van der Waals surface area contributed by atoms with E-state index in [0.29, 0.717) is 18.3 Å². The van der Waals surface area contributed by atoms with Crippen LogP contribution in [0.2, 0.25) is 0 Å². The number of hydrogen-bond donors (Lipinski definition) is 1. The predicted molar refractivity (Wildman–Crippen MR) is 105 cm³/mol. The Bertz CT molecular complexity index is 766. The van der Waals surface area contributed by atoms with Crippen LogP contribution in [0.3, 0.4) is 0 Å². The van der Waals surface area contributed by atoms with Crippen LogP contribution in [0.15, 0.2) is 24.3 Å². The highest BCUT2D eigenvalue weighted by Gasteiger charge is 2.18. The maximum absolute atomic E-state index is 12.8. The van der Waals surface area contributed by atoms with Crippen molar-refractivity contribution in [3.05, 3.63) is 41.2 Å². The van der Waals surface area contributed by atoms with Crippen LogP contribution in [0.5, 0.6) is 0 Å². The molecule has 0 aliphatic carbocycles. The third-order valence-corrected chi connectivity index (χ3v) is 5.09. The number of amides is 1. The van der Waals surface area contributed by atoms with E-state index in [1.165, 1.54) is 0 Å². The van der Waals surface area contributed by atoms with E-state index in [0.717, 1.165) is 61.3 Å². The zero-order chi connectivity index (χ0) is 19.2. The zero-order valence-corrected chi connectivity index (χ0v) is 16.5. The van der Waals surface area contributed by atoms with Crippen LogP contribution in [0.1, 0.15) is 47.4 Å². The lowest BCUT2D eigenvalue weighted by Gasteiger charge is -2.19. The number of hydrogen-bond acceptors (Lipinski definition) is 4. The number of aromatic amines is 1. The number of nitrogens with zero attached hydrogens (tertiary/aromatic N) is 2. The molecule has 2 aromatic rings. The number of methoxy groups -OCH3 is 1. The van der Waals surface area contributed by atoms with Crippen LogP contribution in [-0.2, 0) is 16.1 Å². The Morgan fingerprint density at radius 2 is 2.30 bits per heavy atom. The van der Waals surface area contributed by atoms with Crippen molar-refractivity contribution in [3.8, 4) is 11.1 Å². The number of benzene rings is 1. The van der Waals surface area contributed by atoms with E-state index >= 15 is 0 Å². The van der Waals surface area contributed by atoms with Gasteiger partial charge in [-0.05, 0) is 50.3 Å². The largest absolute Gasteiger partial charge is 0.378 e. The van der Waals surface area contributed by atoms with Crippen molar-refractivity contribution in [2.45, 2.75) is 45.3 Å². The maximum Gasteiger partial charge on any atom is 0.253 e. The Balaban J connectivity index is 1.67. The van der Waals surface area contributed by atoms with Crippen LogP contribution in [-0.4, -0.2) is 54.4 Å². The van der Waals surface area contributed by atoms with Crippen molar-refractivity contribution in [1.29, 1.82) is 0 Å². The molecule has 1 fully saturated rings. The number of carbonyl (C=O) groups excluding carboxylic acids is 1. The molecule has 1 aromatic carbocycles. The van der Waals surface area contributed by atoms with Crippen molar-refractivity contribution >= 4 is 5.91 Å². The molecule has 146 valence electrons. The van der Waals surface area contributed by atoms with Crippen molar-refractivity contribution < 1.29 is 14.3 Å². The topological polar surface area (TPSA) is 67.5 Å². The Kier molecular flexibility index (Phi) is 6.63. The van der Waals surface area contributed by atoms with Gasteiger partial charge in [0, 0.05) is 44.1 Å². The number of nitrogens with one attached hydrogen (secondary N) is 1. The molecule has 6 heteroatoms. The second-order valence-corrected chi connectivity index (χ2v) is 7.19. The lowest BCUT2D eigenvalue weighted by Crippen LogP contribution is -2.28. The van der Waals surface area contributed by atoms with Crippen LogP contribution >= 0.6 is 0 Å². The summed E-state index contributed by atoms with van der Waals surface area (Å²) < 4.78 is 10.9. The second-order valence-electron chi connectivity index (χ2n) is 7.19. The van der Waals surface area contributed by atoms with Gasteiger partial charge in [0.05, 0.1) is 18.4 Å². The van der Waals surface area contributed by atoms with Gasteiger partial charge in [0.15, 0.2) is 0 Å². The Morgan fingerprint density at radius 3 is 3.04 bits per heavy atom. The molecule has 2 heterocycles. The molecule has 1 saturated heterocycles. The first-order valence-electron chi connectivity index (χ1n) is 9.60. The molecule has 0 radical (unpaired) electrons. The highest BCUT2D eigenvalue weighted by Crippen LogP contribution is 2.27. The highest BCUT2D eigenvalue weighted by atomic mass is 16.5. The van der Waals surface area contributed by atoms with Gasteiger partial charge in [-0.25, -0.2) is 0 Å². The molecular weight excluding hydrogens is 342 g/mol. The molecule has 27 heavy (non-hydrogen) atoms. The van der Waals surface area contributed by atoms with Crippen LogP contribution in [0.4, 0.5) is 0 Å². The van der Waals surface area contributed by atoms with Crippen molar-refractivity contribution in [2.75, 3.05) is 27.3 Å². The van der Waals surface area contributed by atoms with E-state index < -0.39 is 0 Å². The molecule has 1 atom stereocenters. The fourth-order valence-corrected chi connectivity index (χ4v) is 3.66. The minimum absolute atomic E-state index is 0.0404. The van der Waals surface area contributed by atoms with Gasteiger partial charge in [-0.15, -0.1) is 0 Å². The van der Waals surface area contributed by atoms with Gasteiger partial charge in [-0.1, -0.05) is 12.1 Å². The van der Waals surface area contributed by atoms with Crippen LogP contribution < -0.4 is 0 Å². The number of carbonyl (C=O) groups is 1. The van der Waals surface area contributed by atoms with E-state index in [1.54, 1.807) is 12.0 Å². The monoisotopic (exact) mass is 371 g/mol. The Labute approximate surface area is 160 Å². The molecule has 1 aliphatic rings. The summed E-state index contributed by atoms with van der Waals surface area (Å²) in [4.78, 5) is 14.6. The lowest BCUT2D eigenvalue weighted by atomic mass is 10.0. The molecule has 1 N–H and O–H groups in total. The van der Waals surface area contributed by atoms with Gasteiger partial charge < -0.3 is 14.4 Å². The molecule has 1 aromatic heterocycles. The summed E-state index contributed by atoms with van der Waals surface area (Å²) in [6.07, 6.45) is 4.66. The van der Waals surface area contributed by atoms with E-state index in [2.05, 4.69) is 10.2 Å². The first-order valence-corrected chi connectivity index (χ1v) is 9.60. The van der Waals surface area contributed by atoms with Gasteiger partial charge in [-0.2, -0.15) is 5.10 Å². The smallest absolute Gasteiger partial charge is 0.253 e. The van der Waals surface area contributed by atoms with Crippen molar-refractivity contribution in [2.24, 2.45) is 0 Å². The number of ether oxygens (including phenoxy) is 2. The summed E-state index contributed by atoms with van der Waals surface area (Å²) in [5.74, 6) is 0.0404. The fourth-order valence-electron chi connectivity index (χ4n) is 3.66. The number of H-pyrrole nitrogens is 1. The molecule has 0 bridgehead atoms. The Hall–Kier alpha value is -2.18. The summed E-state index contributed by atoms with van der Waals surface area (Å²) in [7, 11) is 3.52. The third kappa shape index (κ3) is 4.76. The maximum atomic E-state index is 12.8. The van der Waals surface area contributed by atoms with Gasteiger partial charge in [0.2, 0.25) is 0 Å². The molecule has 0 spiro atoms.